The van der Waals surface area contributed by atoms with Crippen LogP contribution in [0.15, 0.2) is 0 Å². The van der Waals surface area contributed by atoms with Crippen molar-refractivity contribution in [3.05, 3.63) is 0 Å². The summed E-state index contributed by atoms with van der Waals surface area (Å²) in [6.45, 7) is 1.94. The number of aliphatic carboxylic acids is 2. The van der Waals surface area contributed by atoms with Crippen molar-refractivity contribution in [1.82, 2.24) is 0 Å². The van der Waals surface area contributed by atoms with E-state index in [9.17, 15) is 0 Å². The summed E-state index contributed by atoms with van der Waals surface area (Å²) in [7, 11) is 0. The van der Waals surface area contributed by atoms with Gasteiger partial charge in [-0.25, -0.2) is 0 Å². The Morgan fingerprint density at radius 2 is 1.00 bits per heavy atom. The second-order valence-electron chi connectivity index (χ2n) is 0.983. The zero-order chi connectivity index (χ0) is 7.15. The van der Waals surface area contributed by atoms with E-state index in [1.807, 2.05) is 0 Å². The molecule has 5 nitrogen and oxygen atoms in total. The van der Waals surface area contributed by atoms with E-state index in [1.165, 1.54) is 0 Å². The lowest BCUT2D eigenvalue weighted by molar-refractivity contribution is -0.303. The number of carbonyl (C=O) groups is 2. The number of carbonyl (C=O) groups excluding carboxylic acids is 2. The molecule has 0 aromatic carbocycles. The Morgan fingerprint density at radius 3 is 1.00 bits per heavy atom. The number of carboxylic acid groups (broad SMARTS) is 2. The molecule has 5 heteroatoms. The molecular formula is C4H6O5. The summed E-state index contributed by atoms with van der Waals surface area (Å²) in [5.41, 5.74) is 0. The highest BCUT2D eigenvalue weighted by molar-refractivity contribution is 5.60. The Kier molecular flexibility index (Phi) is 17.4. The van der Waals surface area contributed by atoms with Crippen LogP contribution in [0.25, 0.3) is 0 Å². The van der Waals surface area contributed by atoms with Gasteiger partial charge in [0.05, 0.1) is 0 Å². The number of rotatable bonds is 0. The minimum absolute atomic E-state index is 0. The highest BCUT2D eigenvalue weighted by Gasteiger charge is 2.00. The van der Waals surface area contributed by atoms with Gasteiger partial charge in [-0.1, -0.05) is 0 Å². The van der Waals surface area contributed by atoms with Crippen LogP contribution in [0.4, 0.5) is 0 Å². The zero-order valence-electron chi connectivity index (χ0n) is 5.04. The molecule has 0 aliphatic heterocycles. The third-order valence-corrected chi connectivity index (χ3v) is 0. The molecule has 0 atom stereocenters. The maximum atomic E-state index is 8.89. The summed E-state index contributed by atoms with van der Waals surface area (Å²) in [4.78, 5) is 17.8. The standard InChI is InChI=1S/2C2H4O2.O/c2*1-2(3)4;/h2*1H3,(H,3,4);/q;;+2/p-2. The summed E-state index contributed by atoms with van der Waals surface area (Å²) < 4.78 is 0. The molecule has 0 N–H and O–H groups in total. The zero-order valence-corrected chi connectivity index (χ0v) is 5.04. The maximum absolute atomic E-state index is 8.89. The van der Waals surface area contributed by atoms with E-state index in [0.29, 0.717) is 0 Å². The molecule has 0 aromatic rings. The largest absolute Gasteiger partial charge is 2.00 e. The van der Waals surface area contributed by atoms with Crippen molar-refractivity contribution >= 4 is 11.9 Å². The van der Waals surface area contributed by atoms with Gasteiger partial charge in [0.1, 0.15) is 0 Å². The van der Waals surface area contributed by atoms with Gasteiger partial charge in [-0.15, -0.1) is 0 Å². The molecule has 0 amide bonds. The van der Waals surface area contributed by atoms with E-state index in [1.54, 1.807) is 0 Å². The van der Waals surface area contributed by atoms with Gasteiger partial charge >= 0.3 is 5.48 Å². The SMILES string of the molecule is CC(=O)[O-].CC(=O)[O-].[O+2]. The Morgan fingerprint density at radius 1 is 1.00 bits per heavy atom. The Balaban J connectivity index is -0.0000000720. The van der Waals surface area contributed by atoms with Crippen molar-refractivity contribution in [3.63, 3.8) is 0 Å². The van der Waals surface area contributed by atoms with Crippen LogP contribution in [0.5, 0.6) is 0 Å². The molecule has 0 unspecified atom stereocenters. The molecule has 52 valence electrons. The van der Waals surface area contributed by atoms with E-state index in [4.69, 9.17) is 19.8 Å². The summed E-state index contributed by atoms with van der Waals surface area (Å²) in [5, 5.41) is 17.8. The van der Waals surface area contributed by atoms with Crippen molar-refractivity contribution in [2.45, 2.75) is 13.8 Å². The number of hydrogen-bond donors (Lipinski definition) is 0. The smallest absolute Gasteiger partial charge is 0.550 e. The first kappa shape index (κ1) is 15.7. The molecular weight excluding hydrogens is 128 g/mol. The molecule has 0 bridgehead atoms. The van der Waals surface area contributed by atoms with Crippen LogP contribution in [-0.2, 0) is 15.1 Å². The first-order valence-corrected chi connectivity index (χ1v) is 1.82. The Labute approximate surface area is 52.2 Å². The molecule has 4 radical (unpaired) electrons. The summed E-state index contributed by atoms with van der Waals surface area (Å²) in [6.07, 6.45) is 0. The molecule has 0 saturated heterocycles. The first-order chi connectivity index (χ1) is 3.46. The van der Waals surface area contributed by atoms with Crippen LogP contribution >= 0.6 is 0 Å². The number of carboxylic acids is 2. The van der Waals surface area contributed by atoms with Crippen molar-refractivity contribution in [2.75, 3.05) is 0 Å². The molecule has 0 fully saturated rings. The van der Waals surface area contributed by atoms with Crippen LogP contribution in [0, 0.1) is 0 Å². The second kappa shape index (κ2) is 10.0. The lowest BCUT2D eigenvalue weighted by Gasteiger charge is -1.77. The maximum Gasteiger partial charge on any atom is 2.00 e. The average Bonchev–Trinajstić information content (AvgIpc) is 1.25. The Bertz CT molecular complexity index is 67.0. The first-order valence-electron chi connectivity index (χ1n) is 1.82. The highest BCUT2D eigenvalue weighted by atomic mass is 16.4. The van der Waals surface area contributed by atoms with Crippen molar-refractivity contribution in [1.29, 1.82) is 0 Å². The molecule has 0 heterocycles. The van der Waals surface area contributed by atoms with E-state index in [-0.39, 0.29) is 5.48 Å². The van der Waals surface area contributed by atoms with E-state index in [2.05, 4.69) is 0 Å². The van der Waals surface area contributed by atoms with Gasteiger partial charge in [-0.05, 0) is 13.8 Å². The van der Waals surface area contributed by atoms with Crippen molar-refractivity contribution in [3.8, 4) is 0 Å². The molecule has 9 heavy (non-hydrogen) atoms. The normalized spacial score (nSPS) is 5.56. The van der Waals surface area contributed by atoms with Crippen LogP contribution in [0.1, 0.15) is 13.8 Å². The van der Waals surface area contributed by atoms with Gasteiger partial charge in [0, 0.05) is 11.9 Å². The summed E-state index contributed by atoms with van der Waals surface area (Å²) in [6, 6.07) is 0. The molecule has 0 saturated carbocycles. The van der Waals surface area contributed by atoms with E-state index < -0.39 is 11.9 Å². The summed E-state index contributed by atoms with van der Waals surface area (Å²) in [5.74, 6) is -2.17. The monoisotopic (exact) mass is 134 g/mol. The fourth-order valence-electron chi connectivity index (χ4n) is 0. The summed E-state index contributed by atoms with van der Waals surface area (Å²) >= 11 is 0. The van der Waals surface area contributed by atoms with Crippen molar-refractivity contribution in [2.24, 2.45) is 0 Å². The number of hydrogen-bond acceptors (Lipinski definition) is 4. The topological polar surface area (TPSA) is 109 Å². The second-order valence-corrected chi connectivity index (χ2v) is 0.983. The van der Waals surface area contributed by atoms with E-state index in [0.717, 1.165) is 13.8 Å². The van der Waals surface area contributed by atoms with E-state index >= 15 is 0 Å². The highest BCUT2D eigenvalue weighted by Crippen LogP contribution is 1.31. The molecule has 0 rings (SSSR count). The Hall–Kier alpha value is -1.10. The lowest BCUT2D eigenvalue weighted by atomic mass is 10.9. The third kappa shape index (κ3) is 137. The van der Waals surface area contributed by atoms with Gasteiger partial charge < -0.3 is 19.8 Å². The predicted octanol–water partition coefficient (Wildman–Crippen LogP) is -2.61. The fraction of sp³-hybridized carbons (Fsp3) is 0.500. The van der Waals surface area contributed by atoms with Gasteiger partial charge in [0.25, 0.3) is 0 Å². The van der Waals surface area contributed by atoms with Gasteiger partial charge in [-0.3, -0.25) is 0 Å². The van der Waals surface area contributed by atoms with Crippen molar-refractivity contribution < 1.29 is 25.3 Å². The van der Waals surface area contributed by atoms with Gasteiger partial charge in [0.15, 0.2) is 0 Å². The van der Waals surface area contributed by atoms with Gasteiger partial charge in [-0.2, -0.15) is 0 Å². The molecule has 0 aromatic heterocycles. The van der Waals surface area contributed by atoms with Crippen LogP contribution < -0.4 is 10.2 Å². The van der Waals surface area contributed by atoms with Crippen LogP contribution in [0.2, 0.25) is 0 Å². The fourth-order valence-corrected chi connectivity index (χ4v) is 0. The third-order valence-electron chi connectivity index (χ3n) is 0. The minimum atomic E-state index is -1.08. The lowest BCUT2D eigenvalue weighted by Crippen LogP contribution is -2.16. The molecule has 0 aliphatic carbocycles. The molecule has 0 aliphatic rings. The predicted molar refractivity (Wildman–Crippen MR) is 22.0 cm³/mol. The quantitative estimate of drug-likeness (QED) is 0.361. The molecule has 0 spiro atoms. The average molecular weight is 134 g/mol. The van der Waals surface area contributed by atoms with Crippen LogP contribution in [0.3, 0.4) is 0 Å². The minimum Gasteiger partial charge on any atom is -0.550 e. The van der Waals surface area contributed by atoms with Crippen LogP contribution in [-0.4, -0.2) is 11.9 Å². The van der Waals surface area contributed by atoms with Gasteiger partial charge in [0.2, 0.25) is 0 Å².